The van der Waals surface area contributed by atoms with Crippen molar-refractivity contribution in [2.75, 3.05) is 56.2 Å². The van der Waals surface area contributed by atoms with Crippen LogP contribution in [0.5, 0.6) is 5.75 Å². The Bertz CT molecular complexity index is 1980. The lowest BCUT2D eigenvalue weighted by atomic mass is 9.82. The lowest BCUT2D eigenvalue weighted by Crippen LogP contribution is -2.52. The number of ether oxygens (including phenoxy) is 2. The number of piperazine rings is 1. The fourth-order valence-corrected chi connectivity index (χ4v) is 13.2. The largest absolute Gasteiger partial charge is 0.497 e. The van der Waals surface area contributed by atoms with Crippen LogP contribution in [0.15, 0.2) is 96.1 Å². The molecular formula is C46H60N4O6Si. The minimum absolute atomic E-state index is 0.0245. The van der Waals surface area contributed by atoms with Crippen molar-refractivity contribution < 1.29 is 29.0 Å². The fourth-order valence-electron chi connectivity index (χ4n) is 9.19. The van der Waals surface area contributed by atoms with Gasteiger partial charge in [-0.1, -0.05) is 91.0 Å². The van der Waals surface area contributed by atoms with E-state index in [1.165, 1.54) is 16.3 Å². The molecule has 0 aromatic heterocycles. The predicted molar refractivity (Wildman–Crippen MR) is 230 cm³/mol. The third-order valence-electron chi connectivity index (χ3n) is 12.2. The number of anilines is 2. The molecule has 0 aliphatic carbocycles. The van der Waals surface area contributed by atoms with Gasteiger partial charge >= 0.3 is 0 Å². The molecule has 0 bridgehead atoms. The van der Waals surface area contributed by atoms with Gasteiger partial charge in [-0.05, 0) is 75.0 Å². The molecule has 0 saturated carbocycles. The smallest absolute Gasteiger partial charge is 0.264 e. The van der Waals surface area contributed by atoms with E-state index in [2.05, 4.69) is 70.4 Å². The Morgan fingerprint density at radius 2 is 1.79 bits per heavy atom. The highest BCUT2D eigenvalue weighted by Crippen LogP contribution is 2.60. The first kappa shape index (κ1) is 42.1. The van der Waals surface area contributed by atoms with E-state index in [1.54, 1.807) is 16.9 Å². The van der Waals surface area contributed by atoms with E-state index < -0.39 is 19.8 Å². The first-order valence-corrected chi connectivity index (χ1v) is 23.4. The number of carbonyl (C=O) groups excluding carboxylic acids is 3. The van der Waals surface area contributed by atoms with Crippen molar-refractivity contribution in [2.45, 2.75) is 83.8 Å². The Kier molecular flexibility index (Phi) is 13.2. The topological polar surface area (TPSA) is 112 Å². The molecular weight excluding hydrogens is 733 g/mol. The molecule has 2 fully saturated rings. The van der Waals surface area contributed by atoms with Crippen LogP contribution in [-0.4, -0.2) is 88.3 Å². The molecule has 3 heterocycles. The average molecular weight is 793 g/mol. The van der Waals surface area contributed by atoms with Crippen molar-refractivity contribution >= 4 is 42.4 Å². The number of benzene rings is 3. The Morgan fingerprint density at radius 3 is 2.46 bits per heavy atom. The molecule has 11 heteroatoms. The summed E-state index contributed by atoms with van der Waals surface area (Å²) in [5.74, 6) is 0.135. The summed E-state index contributed by atoms with van der Waals surface area (Å²) in [6.07, 6.45) is 5.64. The SMILES string of the molecule is COc1ccc([Si](C)(C)[C@H]2[C@H](CC(=O)N(CCO)Cc3ccccc3)O[C@@]3(C(=O)N(C/C=C(\C)CCC=C(C)C)c4ccc(N5CCNCC5=O)cc43)[C@@H]2C)cc1. The number of methoxy groups -OCH3 is 1. The molecule has 10 nitrogen and oxygen atoms in total. The zero-order chi connectivity index (χ0) is 40.9. The first-order valence-electron chi connectivity index (χ1n) is 20.3. The summed E-state index contributed by atoms with van der Waals surface area (Å²) in [7, 11) is -0.895. The van der Waals surface area contributed by atoms with E-state index in [4.69, 9.17) is 9.47 Å². The van der Waals surface area contributed by atoms with Crippen LogP contribution in [0.4, 0.5) is 11.4 Å². The second-order valence-corrected chi connectivity index (χ2v) is 21.3. The highest BCUT2D eigenvalue weighted by Gasteiger charge is 2.66. The number of nitrogens with one attached hydrogen (secondary N) is 1. The van der Waals surface area contributed by atoms with Crippen molar-refractivity contribution in [3.05, 3.63) is 107 Å². The number of nitrogens with zero attached hydrogens (tertiary/aromatic N) is 3. The van der Waals surface area contributed by atoms with E-state index in [0.29, 0.717) is 26.2 Å². The molecule has 0 unspecified atom stereocenters. The van der Waals surface area contributed by atoms with E-state index in [0.717, 1.165) is 41.1 Å². The van der Waals surface area contributed by atoms with E-state index in [1.807, 2.05) is 65.6 Å². The number of amides is 3. The van der Waals surface area contributed by atoms with Gasteiger partial charge in [-0.15, -0.1) is 0 Å². The predicted octanol–water partition coefficient (Wildman–Crippen LogP) is 6.30. The molecule has 0 radical (unpaired) electrons. The second kappa shape index (κ2) is 17.9. The van der Waals surface area contributed by atoms with Gasteiger partial charge in [0.2, 0.25) is 11.8 Å². The van der Waals surface area contributed by atoms with Gasteiger partial charge in [-0.25, -0.2) is 0 Å². The lowest BCUT2D eigenvalue weighted by molar-refractivity contribution is -0.149. The maximum atomic E-state index is 15.4. The third-order valence-corrected chi connectivity index (χ3v) is 16.6. The van der Waals surface area contributed by atoms with Gasteiger partial charge in [0.1, 0.15) is 5.75 Å². The standard InChI is InChI=1S/C46H60N4O6Si/c1-32(2)12-11-13-33(3)22-24-50-40-21-16-36(49-25-23-47-30-43(49)53)28-39(40)46(45(50)54)34(4)44(57(6,7)38-19-17-37(55-5)18-20-38)41(56-46)29-42(52)48(26-27-51)31-35-14-9-8-10-15-35/h8-10,12,14-22,28,34,41,44,47,51H,11,13,23-27,29-31H2,1-7H3/b33-22+/t34-,41+,44-,46+/m1/s1. The summed E-state index contributed by atoms with van der Waals surface area (Å²) < 4.78 is 12.9. The maximum Gasteiger partial charge on any atom is 0.264 e. The Hall–Kier alpha value is -4.55. The number of aliphatic hydroxyl groups excluding tert-OH is 1. The normalized spacial score (nSPS) is 22.2. The molecule has 1 spiro atoms. The van der Waals surface area contributed by atoms with Gasteiger partial charge in [0.25, 0.3) is 5.91 Å². The van der Waals surface area contributed by atoms with Crippen LogP contribution in [0, 0.1) is 5.92 Å². The monoisotopic (exact) mass is 792 g/mol. The summed E-state index contributed by atoms with van der Waals surface area (Å²) in [6.45, 7) is 15.2. The van der Waals surface area contributed by atoms with Crippen LogP contribution >= 0.6 is 0 Å². The summed E-state index contributed by atoms with van der Waals surface area (Å²) in [5, 5.41) is 14.4. The Morgan fingerprint density at radius 1 is 1.05 bits per heavy atom. The van der Waals surface area contributed by atoms with Gasteiger partial charge in [0.05, 0.1) is 46.5 Å². The molecule has 57 heavy (non-hydrogen) atoms. The van der Waals surface area contributed by atoms with Gasteiger partial charge in [0.15, 0.2) is 5.60 Å². The molecule has 3 aliphatic rings. The number of aliphatic hydroxyl groups is 1. The number of fused-ring (bicyclic) bond motifs is 2. The van der Waals surface area contributed by atoms with Crippen LogP contribution in [0.3, 0.4) is 0 Å². The fraction of sp³-hybridized carbons (Fsp3) is 0.457. The minimum Gasteiger partial charge on any atom is -0.497 e. The van der Waals surface area contributed by atoms with Crippen LogP contribution in [0.1, 0.15) is 58.1 Å². The Labute approximate surface area is 339 Å². The lowest BCUT2D eigenvalue weighted by Gasteiger charge is -2.37. The number of hydrogen-bond donors (Lipinski definition) is 2. The third kappa shape index (κ3) is 8.67. The van der Waals surface area contributed by atoms with E-state index in [9.17, 15) is 14.7 Å². The number of allylic oxidation sites excluding steroid dienone is 3. The number of rotatable bonds is 15. The van der Waals surface area contributed by atoms with Crippen LogP contribution in [-0.2, 0) is 31.3 Å². The quantitative estimate of drug-likeness (QED) is 0.137. The van der Waals surface area contributed by atoms with Crippen LogP contribution in [0.25, 0.3) is 0 Å². The van der Waals surface area contributed by atoms with Crippen molar-refractivity contribution in [3.8, 4) is 5.75 Å². The number of carbonyl (C=O) groups is 3. The molecule has 2 saturated heterocycles. The molecule has 2 N–H and O–H groups in total. The Balaban J connectivity index is 1.45. The molecule has 3 aromatic carbocycles. The molecule has 3 aromatic rings. The summed E-state index contributed by atoms with van der Waals surface area (Å²) in [4.78, 5) is 48.4. The van der Waals surface area contributed by atoms with Gasteiger partial charge in [-0.3, -0.25) is 14.4 Å². The highest BCUT2D eigenvalue weighted by molar-refractivity contribution is 6.91. The zero-order valence-corrected chi connectivity index (χ0v) is 35.7. The van der Waals surface area contributed by atoms with Crippen molar-refractivity contribution in [1.82, 2.24) is 10.2 Å². The van der Waals surface area contributed by atoms with Crippen molar-refractivity contribution in [1.29, 1.82) is 0 Å². The second-order valence-electron chi connectivity index (χ2n) is 16.6. The van der Waals surface area contributed by atoms with Gasteiger partial charge in [-0.2, -0.15) is 0 Å². The molecule has 3 amide bonds. The van der Waals surface area contributed by atoms with Crippen LogP contribution < -0.4 is 25.0 Å². The van der Waals surface area contributed by atoms with Gasteiger partial charge in [0, 0.05) is 49.9 Å². The highest BCUT2D eigenvalue weighted by atomic mass is 28.3. The summed E-state index contributed by atoms with van der Waals surface area (Å²) >= 11 is 0. The first-order chi connectivity index (χ1) is 27.3. The van der Waals surface area contributed by atoms with Crippen molar-refractivity contribution in [2.24, 2.45) is 5.92 Å². The van der Waals surface area contributed by atoms with Crippen molar-refractivity contribution in [3.63, 3.8) is 0 Å². The molecule has 6 rings (SSSR count). The minimum atomic E-state index is -2.55. The van der Waals surface area contributed by atoms with Crippen LogP contribution in [0.2, 0.25) is 18.6 Å². The van der Waals surface area contributed by atoms with E-state index >= 15 is 4.79 Å². The molecule has 304 valence electrons. The zero-order valence-electron chi connectivity index (χ0n) is 34.7. The molecule has 3 aliphatic heterocycles. The average Bonchev–Trinajstić information content (AvgIpc) is 3.62. The maximum absolute atomic E-state index is 15.4. The summed E-state index contributed by atoms with van der Waals surface area (Å²) in [5.41, 5.74) is 4.15. The summed E-state index contributed by atoms with van der Waals surface area (Å²) in [6, 6.07) is 23.9. The van der Waals surface area contributed by atoms with Gasteiger partial charge < -0.3 is 34.6 Å². The molecule has 4 atom stereocenters. The number of hydrogen-bond acceptors (Lipinski definition) is 7. The van der Waals surface area contributed by atoms with E-state index in [-0.39, 0.29) is 55.3 Å².